The molecule has 16 heavy (non-hydrogen) atoms. The fourth-order valence-electron chi connectivity index (χ4n) is 1.34. The minimum absolute atomic E-state index is 0.218. The van der Waals surface area contributed by atoms with E-state index in [4.69, 9.17) is 0 Å². The molecule has 1 N–H and O–H groups in total. The fourth-order valence-corrected chi connectivity index (χ4v) is 1.74. The normalized spacial score (nSPS) is 10.1. The van der Waals surface area contributed by atoms with Crippen LogP contribution in [0.3, 0.4) is 0 Å². The molecule has 0 spiro atoms. The number of nitrogens with zero attached hydrogens (tertiary/aromatic N) is 1. The van der Waals surface area contributed by atoms with Gasteiger partial charge < -0.3 is 0 Å². The molecule has 0 heterocycles. The lowest BCUT2D eigenvalue weighted by molar-refractivity contribution is -0.168. The summed E-state index contributed by atoms with van der Waals surface area (Å²) in [5, 5.41) is 11.2. The largest absolute Gasteiger partial charge is 0.286 e. The molecule has 0 radical (unpaired) electrons. The highest BCUT2D eigenvalue weighted by Crippen LogP contribution is 2.06. The van der Waals surface area contributed by atoms with Crippen molar-refractivity contribution in [2.24, 2.45) is 0 Å². The molecule has 1 amide bonds. The number of alkyl halides is 1. The van der Waals surface area contributed by atoms with Gasteiger partial charge in [0.25, 0.3) is 0 Å². The third-order valence-corrected chi connectivity index (χ3v) is 2.80. The Morgan fingerprint density at radius 1 is 1.25 bits per heavy atom. The summed E-state index contributed by atoms with van der Waals surface area (Å²) in [6, 6.07) is 9.45. The monoisotopic (exact) mass is 285 g/mol. The molecule has 0 unspecified atom stereocenters. The molecule has 3 nitrogen and oxygen atoms in total. The van der Waals surface area contributed by atoms with Crippen molar-refractivity contribution in [2.45, 2.75) is 25.8 Å². The molecule has 0 aliphatic rings. The first-order chi connectivity index (χ1) is 7.74. The van der Waals surface area contributed by atoms with Gasteiger partial charge in [-0.25, -0.2) is 5.06 Å². The van der Waals surface area contributed by atoms with Crippen molar-refractivity contribution in [3.63, 3.8) is 0 Å². The quantitative estimate of drug-likeness (QED) is 0.378. The summed E-state index contributed by atoms with van der Waals surface area (Å²) in [5.74, 6) is -0.218. The summed E-state index contributed by atoms with van der Waals surface area (Å²) in [7, 11) is 0. The maximum atomic E-state index is 11.5. The summed E-state index contributed by atoms with van der Waals surface area (Å²) in [5.41, 5.74) is 0.929. The Hall–Kier alpha value is -0.870. The molecule has 0 fully saturated rings. The lowest BCUT2D eigenvalue weighted by Crippen LogP contribution is -2.26. The van der Waals surface area contributed by atoms with Crippen LogP contribution in [0, 0.1) is 0 Å². The van der Waals surface area contributed by atoms with E-state index >= 15 is 0 Å². The molecule has 88 valence electrons. The van der Waals surface area contributed by atoms with E-state index in [2.05, 4.69) is 15.9 Å². The number of benzene rings is 1. The van der Waals surface area contributed by atoms with Crippen molar-refractivity contribution in [1.29, 1.82) is 0 Å². The van der Waals surface area contributed by atoms with Crippen molar-refractivity contribution in [3.05, 3.63) is 35.9 Å². The van der Waals surface area contributed by atoms with Crippen molar-refractivity contribution in [1.82, 2.24) is 5.06 Å². The predicted octanol–water partition coefficient (Wildman–Crippen LogP) is 2.97. The molecular weight excluding hydrogens is 270 g/mol. The minimum Gasteiger partial charge on any atom is -0.286 e. The zero-order chi connectivity index (χ0) is 11.8. The van der Waals surface area contributed by atoms with Crippen LogP contribution in [0.2, 0.25) is 0 Å². The van der Waals surface area contributed by atoms with Gasteiger partial charge in [-0.1, -0.05) is 46.3 Å². The molecule has 1 rings (SSSR count). The molecule has 0 aromatic heterocycles. The highest BCUT2D eigenvalue weighted by molar-refractivity contribution is 9.09. The molecule has 0 atom stereocenters. The van der Waals surface area contributed by atoms with Crippen LogP contribution in [-0.2, 0) is 11.3 Å². The Morgan fingerprint density at radius 3 is 2.56 bits per heavy atom. The highest BCUT2D eigenvalue weighted by atomic mass is 79.9. The van der Waals surface area contributed by atoms with Gasteiger partial charge in [0.2, 0.25) is 5.91 Å². The second-order valence-corrected chi connectivity index (χ2v) is 4.38. The van der Waals surface area contributed by atoms with Gasteiger partial charge in [-0.2, -0.15) is 0 Å². The van der Waals surface area contributed by atoms with Gasteiger partial charge in [0.05, 0.1) is 6.54 Å². The molecule has 0 aliphatic carbocycles. The van der Waals surface area contributed by atoms with Crippen LogP contribution in [0.25, 0.3) is 0 Å². The van der Waals surface area contributed by atoms with E-state index in [0.717, 1.165) is 28.8 Å². The smallest absolute Gasteiger partial charge is 0.246 e. The molecule has 0 saturated carbocycles. The maximum absolute atomic E-state index is 11.5. The van der Waals surface area contributed by atoms with Gasteiger partial charge in [0, 0.05) is 11.8 Å². The van der Waals surface area contributed by atoms with Crippen LogP contribution < -0.4 is 0 Å². The van der Waals surface area contributed by atoms with Crippen LogP contribution in [0.15, 0.2) is 30.3 Å². The van der Waals surface area contributed by atoms with Gasteiger partial charge in [0.15, 0.2) is 0 Å². The fraction of sp³-hybridized carbons (Fsp3) is 0.417. The number of carbonyl (C=O) groups excluding carboxylic acids is 1. The van der Waals surface area contributed by atoms with E-state index in [1.165, 1.54) is 0 Å². The summed E-state index contributed by atoms with van der Waals surface area (Å²) in [6.45, 7) is 0.258. The van der Waals surface area contributed by atoms with Gasteiger partial charge >= 0.3 is 0 Å². The first-order valence-electron chi connectivity index (χ1n) is 5.33. The van der Waals surface area contributed by atoms with E-state index in [1.807, 2.05) is 30.3 Å². The number of hydrogen-bond acceptors (Lipinski definition) is 2. The van der Waals surface area contributed by atoms with Crippen LogP contribution in [0.4, 0.5) is 0 Å². The van der Waals surface area contributed by atoms with Gasteiger partial charge in [-0.05, 0) is 18.4 Å². The second kappa shape index (κ2) is 7.41. The van der Waals surface area contributed by atoms with Crippen LogP contribution in [-0.4, -0.2) is 21.5 Å². The maximum Gasteiger partial charge on any atom is 0.246 e. The average molecular weight is 286 g/mol. The van der Waals surface area contributed by atoms with Crippen LogP contribution in [0.5, 0.6) is 0 Å². The number of halogens is 1. The summed E-state index contributed by atoms with van der Waals surface area (Å²) >= 11 is 3.30. The zero-order valence-corrected chi connectivity index (χ0v) is 10.7. The van der Waals surface area contributed by atoms with Gasteiger partial charge in [-0.3, -0.25) is 10.0 Å². The Kier molecular flexibility index (Phi) is 6.11. The first kappa shape index (κ1) is 13.2. The molecule has 0 saturated heterocycles. The van der Waals surface area contributed by atoms with Crippen molar-refractivity contribution >= 4 is 21.8 Å². The third kappa shape index (κ3) is 4.77. The second-order valence-electron chi connectivity index (χ2n) is 3.58. The van der Waals surface area contributed by atoms with E-state index in [0.29, 0.717) is 6.42 Å². The number of unbranched alkanes of at least 4 members (excludes halogenated alkanes) is 1. The first-order valence-corrected chi connectivity index (χ1v) is 6.45. The van der Waals surface area contributed by atoms with E-state index < -0.39 is 0 Å². The number of hydroxylamine groups is 2. The van der Waals surface area contributed by atoms with Crippen molar-refractivity contribution in [3.8, 4) is 0 Å². The Labute approximate surface area is 104 Å². The predicted molar refractivity (Wildman–Crippen MR) is 66.4 cm³/mol. The number of rotatable bonds is 6. The van der Waals surface area contributed by atoms with E-state index in [9.17, 15) is 10.0 Å². The third-order valence-electron chi connectivity index (χ3n) is 2.24. The molecule has 4 heteroatoms. The lowest BCUT2D eigenvalue weighted by atomic mass is 10.2. The molecule has 1 aromatic rings. The molecular formula is C12H16BrNO2. The highest BCUT2D eigenvalue weighted by Gasteiger charge is 2.10. The Balaban J connectivity index is 2.34. The molecule has 1 aromatic carbocycles. The molecule has 0 aliphatic heterocycles. The number of carbonyl (C=O) groups is 1. The summed E-state index contributed by atoms with van der Waals surface area (Å²) < 4.78 is 0. The minimum atomic E-state index is -0.218. The van der Waals surface area contributed by atoms with Gasteiger partial charge in [-0.15, -0.1) is 0 Å². The molecule has 0 bridgehead atoms. The van der Waals surface area contributed by atoms with Crippen molar-refractivity contribution < 1.29 is 10.0 Å². The average Bonchev–Trinajstić information content (AvgIpc) is 2.30. The Bertz CT molecular complexity index is 316. The summed E-state index contributed by atoms with van der Waals surface area (Å²) in [4.78, 5) is 11.5. The van der Waals surface area contributed by atoms with Crippen LogP contribution >= 0.6 is 15.9 Å². The topological polar surface area (TPSA) is 40.5 Å². The lowest BCUT2D eigenvalue weighted by Gasteiger charge is -2.14. The standard InChI is InChI=1S/C12H16BrNO2/c13-9-5-4-8-12(15)14(16)10-11-6-2-1-3-7-11/h1-3,6-7,16H,4-5,8-10H2. The van der Waals surface area contributed by atoms with E-state index in [-0.39, 0.29) is 12.5 Å². The zero-order valence-electron chi connectivity index (χ0n) is 9.10. The van der Waals surface area contributed by atoms with Gasteiger partial charge in [0.1, 0.15) is 0 Å². The van der Waals surface area contributed by atoms with Crippen molar-refractivity contribution in [2.75, 3.05) is 5.33 Å². The van der Waals surface area contributed by atoms with E-state index in [1.54, 1.807) is 0 Å². The summed E-state index contributed by atoms with van der Waals surface area (Å²) in [6.07, 6.45) is 2.15. The SMILES string of the molecule is O=C(CCCCBr)N(O)Cc1ccccc1. The number of hydrogen-bond donors (Lipinski definition) is 1. The Morgan fingerprint density at radius 2 is 1.94 bits per heavy atom. The van der Waals surface area contributed by atoms with Crippen LogP contribution in [0.1, 0.15) is 24.8 Å². The number of amides is 1.